The van der Waals surface area contributed by atoms with Crippen molar-refractivity contribution in [3.05, 3.63) is 47.8 Å². The lowest BCUT2D eigenvalue weighted by Gasteiger charge is -2.15. The van der Waals surface area contributed by atoms with Crippen LogP contribution in [0.1, 0.15) is 30.7 Å². The Labute approximate surface area is 147 Å². The minimum absolute atomic E-state index is 0.112. The number of amides is 1. The summed E-state index contributed by atoms with van der Waals surface area (Å²) < 4.78 is 29.1. The van der Waals surface area contributed by atoms with Gasteiger partial charge in [0.2, 0.25) is 15.9 Å². The highest BCUT2D eigenvalue weighted by Crippen LogP contribution is 2.20. The van der Waals surface area contributed by atoms with Crippen molar-refractivity contribution in [3.63, 3.8) is 0 Å². The van der Waals surface area contributed by atoms with Crippen LogP contribution in [0.3, 0.4) is 0 Å². The molecule has 1 aromatic carbocycles. The molecule has 0 radical (unpaired) electrons. The van der Waals surface area contributed by atoms with E-state index in [4.69, 9.17) is 0 Å². The van der Waals surface area contributed by atoms with E-state index in [0.29, 0.717) is 23.4 Å². The molecule has 8 heteroatoms. The fraction of sp³-hybridized carbons (Fsp3) is 0.353. The molecule has 0 fully saturated rings. The summed E-state index contributed by atoms with van der Waals surface area (Å²) in [6.07, 6.45) is 1.18. The molecule has 0 saturated carbocycles. The first-order valence-electron chi connectivity index (χ1n) is 7.94. The van der Waals surface area contributed by atoms with Crippen molar-refractivity contribution in [2.45, 2.75) is 31.3 Å². The zero-order chi connectivity index (χ0) is 18.6. The van der Waals surface area contributed by atoms with E-state index in [9.17, 15) is 18.3 Å². The number of aromatic nitrogens is 1. The maximum absolute atomic E-state index is 12.5. The SMILES string of the molecule is CCC(=O)Nc1ccc(S(=O)(=O)NC[C@@H](O)c2cccn2C)c(C)c1. The number of aliphatic hydroxyl groups is 1. The van der Waals surface area contributed by atoms with E-state index in [1.807, 2.05) is 0 Å². The number of aryl methyl sites for hydroxylation is 2. The smallest absolute Gasteiger partial charge is 0.240 e. The summed E-state index contributed by atoms with van der Waals surface area (Å²) >= 11 is 0. The molecule has 7 nitrogen and oxygen atoms in total. The maximum atomic E-state index is 12.5. The lowest BCUT2D eigenvalue weighted by atomic mass is 10.2. The van der Waals surface area contributed by atoms with Crippen LogP contribution in [0, 0.1) is 6.92 Å². The predicted octanol–water partition coefficient (Wildman–Crippen LogP) is 1.69. The zero-order valence-corrected chi connectivity index (χ0v) is 15.3. The van der Waals surface area contributed by atoms with Crippen LogP contribution in [0.5, 0.6) is 0 Å². The van der Waals surface area contributed by atoms with Crippen LogP contribution in [0.2, 0.25) is 0 Å². The van der Waals surface area contributed by atoms with Gasteiger partial charge in [-0.1, -0.05) is 6.92 Å². The molecular weight excluding hydrogens is 342 g/mol. The van der Waals surface area contributed by atoms with E-state index >= 15 is 0 Å². The Morgan fingerprint density at radius 3 is 2.60 bits per heavy atom. The van der Waals surface area contributed by atoms with Crippen LogP contribution in [0.4, 0.5) is 5.69 Å². The standard InChI is InChI=1S/C17H23N3O4S/c1-4-17(22)19-13-7-8-16(12(2)10-13)25(23,24)18-11-15(21)14-6-5-9-20(14)3/h5-10,15,18,21H,4,11H2,1-3H3,(H,19,22)/t15-/m1/s1. The molecule has 0 bridgehead atoms. The monoisotopic (exact) mass is 365 g/mol. The van der Waals surface area contributed by atoms with Gasteiger partial charge in [-0.3, -0.25) is 4.79 Å². The van der Waals surface area contributed by atoms with E-state index in [0.717, 1.165) is 0 Å². The van der Waals surface area contributed by atoms with Crippen molar-refractivity contribution in [1.29, 1.82) is 0 Å². The molecule has 25 heavy (non-hydrogen) atoms. The molecule has 0 aliphatic heterocycles. The highest BCUT2D eigenvalue weighted by molar-refractivity contribution is 7.89. The number of hydrogen-bond donors (Lipinski definition) is 3. The van der Waals surface area contributed by atoms with E-state index < -0.39 is 16.1 Å². The van der Waals surface area contributed by atoms with Crippen LogP contribution in [0.25, 0.3) is 0 Å². The molecule has 1 aromatic heterocycles. The summed E-state index contributed by atoms with van der Waals surface area (Å²) in [6.45, 7) is 3.26. The van der Waals surface area contributed by atoms with Crippen LogP contribution in [-0.2, 0) is 21.9 Å². The summed E-state index contributed by atoms with van der Waals surface area (Å²) in [5.41, 5.74) is 1.68. The molecule has 0 saturated heterocycles. The van der Waals surface area contributed by atoms with Gasteiger partial charge in [-0.25, -0.2) is 13.1 Å². The Bertz CT molecular complexity index is 859. The average Bonchev–Trinajstić information content (AvgIpc) is 2.98. The van der Waals surface area contributed by atoms with Gasteiger partial charge >= 0.3 is 0 Å². The first-order valence-corrected chi connectivity index (χ1v) is 9.42. The van der Waals surface area contributed by atoms with Gasteiger partial charge in [-0.05, 0) is 42.8 Å². The number of hydrogen-bond acceptors (Lipinski definition) is 4. The number of anilines is 1. The van der Waals surface area contributed by atoms with E-state index in [1.165, 1.54) is 6.07 Å². The largest absolute Gasteiger partial charge is 0.386 e. The van der Waals surface area contributed by atoms with Gasteiger partial charge in [0.15, 0.2) is 0 Å². The van der Waals surface area contributed by atoms with Gasteiger partial charge in [-0.15, -0.1) is 0 Å². The first-order chi connectivity index (χ1) is 11.7. The molecule has 0 aliphatic rings. The van der Waals surface area contributed by atoms with Gasteiger partial charge in [0.05, 0.1) is 4.90 Å². The molecule has 1 heterocycles. The molecule has 0 unspecified atom stereocenters. The topological polar surface area (TPSA) is 100 Å². The normalized spacial score (nSPS) is 12.8. The van der Waals surface area contributed by atoms with Crippen LogP contribution >= 0.6 is 0 Å². The van der Waals surface area contributed by atoms with E-state index in [1.54, 1.807) is 55.9 Å². The number of benzene rings is 1. The van der Waals surface area contributed by atoms with Crippen molar-refractivity contribution < 1.29 is 18.3 Å². The van der Waals surface area contributed by atoms with Crippen molar-refractivity contribution in [3.8, 4) is 0 Å². The van der Waals surface area contributed by atoms with E-state index in [2.05, 4.69) is 10.0 Å². The summed E-state index contributed by atoms with van der Waals surface area (Å²) in [4.78, 5) is 11.5. The molecule has 1 amide bonds. The minimum Gasteiger partial charge on any atom is -0.386 e. The lowest BCUT2D eigenvalue weighted by molar-refractivity contribution is -0.115. The van der Waals surface area contributed by atoms with Crippen LogP contribution in [0.15, 0.2) is 41.4 Å². The third-order valence-electron chi connectivity index (χ3n) is 3.86. The number of carbonyl (C=O) groups is 1. The second-order valence-electron chi connectivity index (χ2n) is 5.79. The molecule has 3 N–H and O–H groups in total. The van der Waals surface area contributed by atoms with Gasteiger partial charge in [0, 0.05) is 37.6 Å². The lowest BCUT2D eigenvalue weighted by Crippen LogP contribution is -2.29. The fourth-order valence-corrected chi connectivity index (χ4v) is 3.73. The third-order valence-corrected chi connectivity index (χ3v) is 5.45. The van der Waals surface area contributed by atoms with Crippen molar-refractivity contribution in [2.75, 3.05) is 11.9 Å². The van der Waals surface area contributed by atoms with Crippen molar-refractivity contribution in [2.24, 2.45) is 7.05 Å². The Balaban J connectivity index is 2.11. The summed E-state index contributed by atoms with van der Waals surface area (Å²) in [6, 6.07) is 8.10. The number of nitrogens with one attached hydrogen (secondary N) is 2. The number of aliphatic hydroxyl groups excluding tert-OH is 1. The second-order valence-corrected chi connectivity index (χ2v) is 7.53. The van der Waals surface area contributed by atoms with Crippen LogP contribution < -0.4 is 10.0 Å². The molecule has 1 atom stereocenters. The number of sulfonamides is 1. The Hall–Kier alpha value is -2.16. The van der Waals surface area contributed by atoms with Gasteiger partial charge in [0.25, 0.3) is 0 Å². The van der Waals surface area contributed by atoms with E-state index in [-0.39, 0.29) is 17.3 Å². The Kier molecular flexibility index (Phi) is 5.99. The number of rotatable bonds is 7. The maximum Gasteiger partial charge on any atom is 0.240 e. The molecule has 2 rings (SSSR count). The highest BCUT2D eigenvalue weighted by atomic mass is 32.2. The second kappa shape index (κ2) is 7.81. The number of carbonyl (C=O) groups excluding carboxylic acids is 1. The average molecular weight is 365 g/mol. The first kappa shape index (κ1) is 19.2. The Morgan fingerprint density at radius 1 is 1.32 bits per heavy atom. The number of nitrogens with zero attached hydrogens (tertiary/aromatic N) is 1. The zero-order valence-electron chi connectivity index (χ0n) is 14.5. The summed E-state index contributed by atoms with van der Waals surface area (Å²) in [5.74, 6) is -0.140. The van der Waals surface area contributed by atoms with Gasteiger partial charge in [-0.2, -0.15) is 0 Å². The van der Waals surface area contributed by atoms with Crippen molar-refractivity contribution >= 4 is 21.6 Å². The quantitative estimate of drug-likeness (QED) is 0.695. The Morgan fingerprint density at radius 2 is 2.04 bits per heavy atom. The summed E-state index contributed by atoms with van der Waals surface area (Å²) in [5, 5.41) is 12.8. The summed E-state index contributed by atoms with van der Waals surface area (Å²) in [7, 11) is -1.99. The molecule has 0 spiro atoms. The molecule has 0 aliphatic carbocycles. The van der Waals surface area contributed by atoms with Gasteiger partial charge in [0.1, 0.15) is 6.10 Å². The fourth-order valence-electron chi connectivity index (χ4n) is 2.47. The molecule has 136 valence electrons. The highest BCUT2D eigenvalue weighted by Gasteiger charge is 2.20. The van der Waals surface area contributed by atoms with Gasteiger partial charge < -0.3 is 15.0 Å². The predicted molar refractivity (Wildman–Crippen MR) is 95.7 cm³/mol. The third kappa shape index (κ3) is 4.68. The van der Waals surface area contributed by atoms with Crippen LogP contribution in [-0.4, -0.2) is 30.5 Å². The minimum atomic E-state index is -3.77. The molecular formula is C17H23N3O4S. The van der Waals surface area contributed by atoms with Crippen molar-refractivity contribution in [1.82, 2.24) is 9.29 Å². The molecule has 2 aromatic rings.